The summed E-state index contributed by atoms with van der Waals surface area (Å²) in [5.74, 6) is -0.366. The predicted molar refractivity (Wildman–Crippen MR) is 104 cm³/mol. The first kappa shape index (κ1) is 18.0. The molecule has 2 heterocycles. The van der Waals surface area contributed by atoms with E-state index in [1.807, 2.05) is 12.1 Å². The van der Waals surface area contributed by atoms with E-state index in [1.165, 1.54) is 19.8 Å². The fraction of sp³-hybridized carbons (Fsp3) is 0.0526. The highest BCUT2D eigenvalue weighted by Gasteiger charge is 2.25. The Morgan fingerprint density at radius 3 is 2.59 bits per heavy atom. The third-order valence-corrected chi connectivity index (χ3v) is 4.24. The van der Waals surface area contributed by atoms with E-state index in [-0.39, 0.29) is 17.3 Å². The molecule has 0 aliphatic carbocycles. The predicted octanol–water partition coefficient (Wildman–Crippen LogP) is 3.25. The summed E-state index contributed by atoms with van der Waals surface area (Å²) in [5.41, 5.74) is 1.95. The molecule has 10 heteroatoms. The number of carbonyl (C=O) groups is 1. The maximum Gasteiger partial charge on any atom is 0.354 e. The number of rotatable bonds is 5. The van der Waals surface area contributed by atoms with Crippen molar-refractivity contribution in [2.24, 2.45) is 0 Å². The third-order valence-electron chi connectivity index (χ3n) is 4.24. The SMILES string of the molecule is COC(=O)c1ccc(Nc2ncnc(-n3cnc4ccccc43)c2[N+](=O)[O-])cc1. The molecular formula is C19H14N6O4. The highest BCUT2D eigenvalue weighted by atomic mass is 16.6. The van der Waals surface area contributed by atoms with Crippen molar-refractivity contribution in [1.29, 1.82) is 0 Å². The van der Waals surface area contributed by atoms with E-state index in [9.17, 15) is 14.9 Å². The fourth-order valence-electron chi connectivity index (χ4n) is 2.88. The van der Waals surface area contributed by atoms with Gasteiger partial charge >= 0.3 is 11.7 Å². The number of fused-ring (bicyclic) bond motifs is 1. The second-order valence-corrected chi connectivity index (χ2v) is 5.95. The van der Waals surface area contributed by atoms with Gasteiger partial charge in [-0.15, -0.1) is 0 Å². The zero-order chi connectivity index (χ0) is 20.4. The van der Waals surface area contributed by atoms with Gasteiger partial charge in [0.2, 0.25) is 11.6 Å². The number of aromatic nitrogens is 4. The molecule has 0 aliphatic rings. The molecule has 0 spiro atoms. The minimum absolute atomic E-state index is 0.0172. The van der Waals surface area contributed by atoms with Crippen molar-refractivity contribution in [2.75, 3.05) is 12.4 Å². The number of nitrogens with one attached hydrogen (secondary N) is 1. The first-order chi connectivity index (χ1) is 14.1. The molecule has 0 saturated carbocycles. The lowest BCUT2D eigenvalue weighted by Crippen LogP contribution is -2.07. The summed E-state index contributed by atoms with van der Waals surface area (Å²) in [7, 11) is 1.29. The van der Waals surface area contributed by atoms with Crippen molar-refractivity contribution in [1.82, 2.24) is 19.5 Å². The van der Waals surface area contributed by atoms with Crippen LogP contribution >= 0.6 is 0 Å². The molecule has 29 heavy (non-hydrogen) atoms. The lowest BCUT2D eigenvalue weighted by atomic mass is 10.2. The molecular weight excluding hydrogens is 376 g/mol. The lowest BCUT2D eigenvalue weighted by molar-refractivity contribution is -0.384. The Bertz CT molecular complexity index is 1220. The minimum Gasteiger partial charge on any atom is -0.465 e. The highest BCUT2D eigenvalue weighted by molar-refractivity contribution is 5.90. The van der Waals surface area contributed by atoms with Gasteiger partial charge in [-0.1, -0.05) is 12.1 Å². The van der Waals surface area contributed by atoms with Gasteiger partial charge in [0, 0.05) is 5.69 Å². The van der Waals surface area contributed by atoms with Crippen LogP contribution in [0.4, 0.5) is 17.2 Å². The maximum absolute atomic E-state index is 11.8. The molecule has 1 N–H and O–H groups in total. The first-order valence-corrected chi connectivity index (χ1v) is 8.45. The number of para-hydroxylation sites is 2. The molecule has 2 aromatic heterocycles. The molecule has 2 aromatic carbocycles. The van der Waals surface area contributed by atoms with Gasteiger partial charge in [0.15, 0.2) is 0 Å². The van der Waals surface area contributed by atoms with Gasteiger partial charge in [-0.25, -0.2) is 19.7 Å². The summed E-state index contributed by atoms with van der Waals surface area (Å²) < 4.78 is 6.20. The van der Waals surface area contributed by atoms with Gasteiger partial charge in [0.05, 0.1) is 28.6 Å². The zero-order valence-electron chi connectivity index (χ0n) is 15.1. The van der Waals surface area contributed by atoms with E-state index < -0.39 is 10.9 Å². The number of anilines is 2. The second-order valence-electron chi connectivity index (χ2n) is 5.95. The number of nitrogens with zero attached hydrogens (tertiary/aromatic N) is 5. The molecule has 144 valence electrons. The summed E-state index contributed by atoms with van der Waals surface area (Å²) in [6.45, 7) is 0. The Morgan fingerprint density at radius 2 is 1.86 bits per heavy atom. The van der Waals surface area contributed by atoms with E-state index >= 15 is 0 Å². The second kappa shape index (κ2) is 7.35. The van der Waals surface area contributed by atoms with Crippen molar-refractivity contribution < 1.29 is 14.5 Å². The van der Waals surface area contributed by atoms with E-state index in [0.29, 0.717) is 22.3 Å². The van der Waals surface area contributed by atoms with Crippen LogP contribution in [0.3, 0.4) is 0 Å². The Kier molecular flexibility index (Phi) is 4.57. The quantitative estimate of drug-likeness (QED) is 0.313. The number of ether oxygens (including phenoxy) is 1. The average Bonchev–Trinajstić information content (AvgIpc) is 3.17. The Hall–Kier alpha value is -4.34. The average molecular weight is 390 g/mol. The van der Waals surface area contributed by atoms with E-state index in [2.05, 4.69) is 25.0 Å². The first-order valence-electron chi connectivity index (χ1n) is 8.45. The van der Waals surface area contributed by atoms with Crippen molar-refractivity contribution >= 4 is 34.2 Å². The number of hydrogen-bond donors (Lipinski definition) is 1. The van der Waals surface area contributed by atoms with Crippen LogP contribution in [0.2, 0.25) is 0 Å². The van der Waals surface area contributed by atoms with Gasteiger partial charge in [0.1, 0.15) is 12.7 Å². The van der Waals surface area contributed by atoms with Crippen LogP contribution in [0.25, 0.3) is 16.9 Å². The zero-order valence-corrected chi connectivity index (χ0v) is 15.1. The number of benzene rings is 2. The van der Waals surface area contributed by atoms with Gasteiger partial charge in [-0.3, -0.25) is 14.7 Å². The van der Waals surface area contributed by atoms with Gasteiger partial charge in [-0.05, 0) is 36.4 Å². The molecule has 4 rings (SSSR count). The van der Waals surface area contributed by atoms with Gasteiger partial charge < -0.3 is 10.1 Å². The summed E-state index contributed by atoms with van der Waals surface area (Å²) in [6.07, 6.45) is 2.72. The fourth-order valence-corrected chi connectivity index (χ4v) is 2.88. The van der Waals surface area contributed by atoms with Crippen molar-refractivity contribution in [2.45, 2.75) is 0 Å². The topological polar surface area (TPSA) is 125 Å². The standard InChI is InChI=1S/C19H14N6O4/c1-29-19(26)12-6-8-13(9-7-12)23-17-16(25(27)28)18(21-10-20-17)24-11-22-14-4-2-3-5-15(14)24/h2-11H,1H3,(H,20,21,23). The van der Waals surface area contributed by atoms with E-state index in [0.717, 1.165) is 0 Å². The summed E-state index contributed by atoms with van der Waals surface area (Å²) >= 11 is 0. The normalized spacial score (nSPS) is 10.7. The molecule has 10 nitrogen and oxygen atoms in total. The summed E-state index contributed by atoms with van der Waals surface area (Å²) in [6, 6.07) is 13.5. The van der Waals surface area contributed by atoms with Crippen LogP contribution in [-0.2, 0) is 4.74 Å². The van der Waals surface area contributed by atoms with Crippen LogP contribution in [-0.4, -0.2) is 37.5 Å². The van der Waals surface area contributed by atoms with E-state index in [1.54, 1.807) is 41.0 Å². The largest absolute Gasteiger partial charge is 0.465 e. The molecule has 0 saturated heterocycles. The number of carbonyl (C=O) groups excluding carboxylic acids is 1. The van der Waals surface area contributed by atoms with Gasteiger partial charge in [-0.2, -0.15) is 0 Å². The Morgan fingerprint density at radius 1 is 1.10 bits per heavy atom. The molecule has 0 radical (unpaired) electrons. The van der Waals surface area contributed by atoms with Crippen LogP contribution < -0.4 is 5.32 Å². The molecule has 0 aliphatic heterocycles. The van der Waals surface area contributed by atoms with Crippen LogP contribution in [0.15, 0.2) is 61.2 Å². The molecule has 0 bridgehead atoms. The molecule has 0 atom stereocenters. The molecule has 0 amide bonds. The number of nitro groups is 1. The third kappa shape index (κ3) is 3.34. The van der Waals surface area contributed by atoms with Crippen molar-refractivity contribution in [3.63, 3.8) is 0 Å². The molecule has 0 fully saturated rings. The number of hydrogen-bond acceptors (Lipinski definition) is 8. The smallest absolute Gasteiger partial charge is 0.354 e. The lowest BCUT2D eigenvalue weighted by Gasteiger charge is -2.10. The van der Waals surface area contributed by atoms with Crippen LogP contribution in [0, 0.1) is 10.1 Å². The Balaban J connectivity index is 1.76. The molecule has 0 unspecified atom stereocenters. The number of imidazole rings is 1. The van der Waals surface area contributed by atoms with Gasteiger partial charge in [0.25, 0.3) is 0 Å². The van der Waals surface area contributed by atoms with Crippen LogP contribution in [0.5, 0.6) is 0 Å². The van der Waals surface area contributed by atoms with Crippen LogP contribution in [0.1, 0.15) is 10.4 Å². The summed E-state index contributed by atoms with van der Waals surface area (Å²) in [4.78, 5) is 35.2. The molecule has 4 aromatic rings. The van der Waals surface area contributed by atoms with Crippen molar-refractivity contribution in [3.05, 3.63) is 76.9 Å². The monoisotopic (exact) mass is 390 g/mol. The maximum atomic E-state index is 11.8. The van der Waals surface area contributed by atoms with E-state index in [4.69, 9.17) is 0 Å². The Labute approximate surface area is 164 Å². The van der Waals surface area contributed by atoms with Crippen molar-refractivity contribution in [3.8, 4) is 5.82 Å². The number of esters is 1. The summed E-state index contributed by atoms with van der Waals surface area (Å²) in [5, 5.41) is 14.7. The minimum atomic E-state index is -0.546. The number of methoxy groups -OCH3 is 1. The highest BCUT2D eigenvalue weighted by Crippen LogP contribution is 2.31.